The number of amides is 2. The molecular formula is C18H11Cl2I2NO3S. The monoisotopic (exact) mass is 645 g/mol. The highest BCUT2D eigenvalue weighted by Crippen LogP contribution is 2.37. The van der Waals surface area contributed by atoms with E-state index >= 15 is 0 Å². The topological polar surface area (TPSA) is 46.6 Å². The lowest BCUT2D eigenvalue weighted by atomic mass is 10.1. The van der Waals surface area contributed by atoms with Crippen LogP contribution in [0.25, 0.3) is 6.08 Å². The molecule has 9 heteroatoms. The third-order valence-corrected chi connectivity index (χ3v) is 6.66. The molecule has 0 unspecified atom stereocenters. The van der Waals surface area contributed by atoms with Crippen molar-refractivity contribution in [3.05, 3.63) is 63.5 Å². The molecule has 0 spiro atoms. The molecule has 0 aliphatic carbocycles. The van der Waals surface area contributed by atoms with Crippen molar-refractivity contribution in [2.75, 3.05) is 7.11 Å². The number of hydrogen-bond acceptors (Lipinski definition) is 4. The first-order valence-corrected chi connectivity index (χ1v) is 11.3. The number of nitrogens with zero attached hydrogens (tertiary/aromatic N) is 1. The SMILES string of the molecule is COc1c(I)cc(I)cc1/C=C1\SC(=O)N(Cc2ccc(Cl)cc2Cl)C1=O. The Morgan fingerprint density at radius 3 is 2.59 bits per heavy atom. The lowest BCUT2D eigenvalue weighted by Crippen LogP contribution is -2.27. The van der Waals surface area contributed by atoms with Gasteiger partial charge in [0, 0.05) is 19.2 Å². The van der Waals surface area contributed by atoms with Gasteiger partial charge in [-0.05, 0) is 92.8 Å². The summed E-state index contributed by atoms with van der Waals surface area (Å²) in [6.07, 6.45) is 1.69. The number of halogens is 4. The average Bonchev–Trinajstić information content (AvgIpc) is 2.84. The molecule has 0 atom stereocenters. The van der Waals surface area contributed by atoms with Crippen molar-refractivity contribution in [3.8, 4) is 5.75 Å². The van der Waals surface area contributed by atoms with Gasteiger partial charge >= 0.3 is 0 Å². The minimum atomic E-state index is -0.355. The molecule has 2 amide bonds. The summed E-state index contributed by atoms with van der Waals surface area (Å²) in [4.78, 5) is 26.7. The van der Waals surface area contributed by atoms with E-state index < -0.39 is 0 Å². The van der Waals surface area contributed by atoms with E-state index in [1.165, 1.54) is 4.90 Å². The van der Waals surface area contributed by atoms with E-state index in [0.717, 1.165) is 24.5 Å². The van der Waals surface area contributed by atoms with Gasteiger partial charge in [-0.15, -0.1) is 0 Å². The van der Waals surface area contributed by atoms with E-state index in [-0.39, 0.29) is 17.7 Å². The number of carbonyl (C=O) groups excluding carboxylic acids is 2. The second-order valence-corrected chi connectivity index (χ2v) is 9.76. The average molecular weight is 646 g/mol. The van der Waals surface area contributed by atoms with E-state index in [1.54, 1.807) is 31.4 Å². The predicted octanol–water partition coefficient (Wildman–Crippen LogP) is 6.45. The number of rotatable bonds is 4. The van der Waals surface area contributed by atoms with E-state index in [4.69, 9.17) is 27.9 Å². The van der Waals surface area contributed by atoms with Gasteiger partial charge < -0.3 is 4.74 Å². The normalized spacial score (nSPS) is 15.7. The van der Waals surface area contributed by atoms with Gasteiger partial charge in [-0.25, -0.2) is 0 Å². The lowest BCUT2D eigenvalue weighted by molar-refractivity contribution is -0.123. The predicted molar refractivity (Wildman–Crippen MR) is 126 cm³/mol. The third-order valence-electron chi connectivity index (χ3n) is 3.74. The van der Waals surface area contributed by atoms with Crippen molar-refractivity contribution in [1.82, 2.24) is 4.90 Å². The zero-order valence-electron chi connectivity index (χ0n) is 13.8. The molecule has 3 rings (SSSR count). The molecule has 2 aromatic rings. The Balaban J connectivity index is 1.91. The van der Waals surface area contributed by atoms with Crippen LogP contribution in [0.2, 0.25) is 10.0 Å². The zero-order valence-corrected chi connectivity index (χ0v) is 20.4. The summed E-state index contributed by atoms with van der Waals surface area (Å²) < 4.78 is 7.39. The highest BCUT2D eigenvalue weighted by atomic mass is 127. The fourth-order valence-corrected chi connectivity index (χ4v) is 5.91. The van der Waals surface area contributed by atoms with Crippen LogP contribution in [0.5, 0.6) is 5.75 Å². The van der Waals surface area contributed by atoms with Crippen molar-refractivity contribution < 1.29 is 14.3 Å². The number of ether oxygens (including phenoxy) is 1. The Morgan fingerprint density at radius 1 is 1.19 bits per heavy atom. The smallest absolute Gasteiger partial charge is 0.293 e. The Kier molecular flexibility index (Phi) is 6.99. The Morgan fingerprint density at radius 2 is 1.93 bits per heavy atom. The first-order valence-electron chi connectivity index (χ1n) is 7.52. The zero-order chi connectivity index (χ0) is 19.7. The molecule has 0 saturated carbocycles. The number of imide groups is 1. The minimum absolute atomic E-state index is 0.0962. The highest BCUT2D eigenvalue weighted by molar-refractivity contribution is 14.1. The van der Waals surface area contributed by atoms with Gasteiger partial charge in [0.15, 0.2) is 0 Å². The first-order chi connectivity index (χ1) is 12.8. The quantitative estimate of drug-likeness (QED) is 0.283. The second kappa shape index (κ2) is 8.89. The van der Waals surface area contributed by atoms with Gasteiger partial charge in [-0.1, -0.05) is 29.3 Å². The van der Waals surface area contributed by atoms with E-state index in [2.05, 4.69) is 45.2 Å². The highest BCUT2D eigenvalue weighted by Gasteiger charge is 2.35. The maximum Gasteiger partial charge on any atom is 0.293 e. The molecule has 1 saturated heterocycles. The van der Waals surface area contributed by atoms with Crippen molar-refractivity contribution in [2.24, 2.45) is 0 Å². The molecule has 2 aromatic carbocycles. The number of methoxy groups -OCH3 is 1. The molecule has 1 aliphatic rings. The van der Waals surface area contributed by atoms with Gasteiger partial charge in [0.25, 0.3) is 11.1 Å². The van der Waals surface area contributed by atoms with Crippen molar-refractivity contribution in [2.45, 2.75) is 6.54 Å². The van der Waals surface area contributed by atoms with Crippen molar-refractivity contribution in [3.63, 3.8) is 0 Å². The van der Waals surface area contributed by atoms with Gasteiger partial charge in [0.2, 0.25) is 0 Å². The van der Waals surface area contributed by atoms with Crippen LogP contribution in [0.4, 0.5) is 4.79 Å². The summed E-state index contributed by atoms with van der Waals surface area (Å²) in [7, 11) is 1.58. The first kappa shape index (κ1) is 21.2. The molecule has 140 valence electrons. The molecule has 0 N–H and O–H groups in total. The van der Waals surface area contributed by atoms with Crippen molar-refractivity contribution in [1.29, 1.82) is 0 Å². The molecule has 0 bridgehead atoms. The van der Waals surface area contributed by atoms with Gasteiger partial charge in [0.1, 0.15) is 5.75 Å². The van der Waals surface area contributed by atoms with Crippen LogP contribution < -0.4 is 4.74 Å². The van der Waals surface area contributed by atoms with Crippen LogP contribution in [0.3, 0.4) is 0 Å². The summed E-state index contributed by atoms with van der Waals surface area (Å²) >= 11 is 17.4. The maximum atomic E-state index is 12.8. The molecule has 1 fully saturated rings. The van der Waals surface area contributed by atoms with Gasteiger partial charge in [-0.2, -0.15) is 0 Å². The molecule has 1 aliphatic heterocycles. The largest absolute Gasteiger partial charge is 0.495 e. The summed E-state index contributed by atoms with van der Waals surface area (Å²) in [5, 5.41) is 0.578. The van der Waals surface area contributed by atoms with Crippen LogP contribution in [-0.4, -0.2) is 23.2 Å². The lowest BCUT2D eigenvalue weighted by Gasteiger charge is -2.14. The molecule has 4 nitrogen and oxygen atoms in total. The number of hydrogen-bond donors (Lipinski definition) is 0. The van der Waals surface area contributed by atoms with Crippen LogP contribution >= 0.6 is 80.1 Å². The second-order valence-electron chi connectivity index (χ2n) is 5.51. The summed E-state index contributed by atoms with van der Waals surface area (Å²) in [6.45, 7) is 0.0962. The van der Waals surface area contributed by atoms with Crippen LogP contribution in [0.1, 0.15) is 11.1 Å². The Labute approximate surface area is 197 Å². The van der Waals surface area contributed by atoms with Crippen LogP contribution in [-0.2, 0) is 11.3 Å². The summed E-state index contributed by atoms with van der Waals surface area (Å²) in [5.41, 5.74) is 1.41. The fourth-order valence-electron chi connectivity index (χ4n) is 2.50. The maximum absolute atomic E-state index is 12.8. The molecule has 1 heterocycles. The molecule has 0 radical (unpaired) electrons. The van der Waals surface area contributed by atoms with E-state index in [0.29, 0.717) is 26.3 Å². The standard InChI is InChI=1S/C18H11Cl2I2NO3S/c1-26-16-10(4-12(21)7-14(16)22)5-15-17(24)23(18(25)27-15)8-9-2-3-11(19)6-13(9)20/h2-7H,8H2,1H3/b15-5-. The van der Waals surface area contributed by atoms with Crippen molar-refractivity contribution >= 4 is 97.4 Å². The number of benzene rings is 2. The summed E-state index contributed by atoms with van der Waals surface area (Å²) in [6, 6.07) is 8.86. The molecule has 27 heavy (non-hydrogen) atoms. The Hall–Kier alpha value is -0.490. The van der Waals surface area contributed by atoms with E-state index in [9.17, 15) is 9.59 Å². The Bertz CT molecular complexity index is 981. The molecule has 0 aromatic heterocycles. The number of thioether (sulfide) groups is 1. The van der Waals surface area contributed by atoms with Gasteiger partial charge in [-0.3, -0.25) is 14.5 Å². The summed E-state index contributed by atoms with van der Waals surface area (Å²) in [5.74, 6) is 0.315. The van der Waals surface area contributed by atoms with Gasteiger partial charge in [0.05, 0.1) is 22.1 Å². The minimum Gasteiger partial charge on any atom is -0.495 e. The molecular weight excluding hydrogens is 635 g/mol. The van der Waals surface area contributed by atoms with E-state index in [1.807, 2.05) is 12.1 Å². The van der Waals surface area contributed by atoms with Crippen LogP contribution in [0, 0.1) is 7.14 Å². The van der Waals surface area contributed by atoms with Crippen LogP contribution in [0.15, 0.2) is 35.2 Å². The third kappa shape index (κ3) is 4.75. The fraction of sp³-hybridized carbons (Fsp3) is 0.111. The number of carbonyl (C=O) groups is 2.